The molecule has 1 unspecified atom stereocenters. The molecular formula is C28H29FO5. The van der Waals surface area contributed by atoms with Crippen LogP contribution >= 0.6 is 0 Å². The molecule has 0 aliphatic carbocycles. The quantitative estimate of drug-likeness (QED) is 0.544. The summed E-state index contributed by atoms with van der Waals surface area (Å²) in [7, 11) is 0. The molecule has 34 heavy (non-hydrogen) atoms. The monoisotopic (exact) mass is 464 g/mol. The Bertz CT molecular complexity index is 1090. The van der Waals surface area contributed by atoms with Crippen molar-refractivity contribution in [1.29, 1.82) is 0 Å². The lowest BCUT2D eigenvalue weighted by atomic mass is 9.94. The van der Waals surface area contributed by atoms with Crippen LogP contribution in [0.15, 0.2) is 66.7 Å². The summed E-state index contributed by atoms with van der Waals surface area (Å²) in [5, 5.41) is 19.5. The first-order valence-electron chi connectivity index (χ1n) is 11.8. The molecule has 4 atom stereocenters. The number of hydrogen-bond donors (Lipinski definition) is 2. The van der Waals surface area contributed by atoms with Crippen molar-refractivity contribution in [3.05, 3.63) is 94.8 Å². The van der Waals surface area contributed by atoms with Crippen molar-refractivity contribution in [3.8, 4) is 11.5 Å². The Morgan fingerprint density at radius 3 is 2.59 bits per heavy atom. The van der Waals surface area contributed by atoms with Crippen LogP contribution in [0.4, 0.5) is 4.39 Å². The van der Waals surface area contributed by atoms with E-state index in [1.165, 1.54) is 11.6 Å². The van der Waals surface area contributed by atoms with Crippen LogP contribution in [0.25, 0.3) is 0 Å². The van der Waals surface area contributed by atoms with Gasteiger partial charge < -0.3 is 24.4 Å². The fourth-order valence-electron chi connectivity index (χ4n) is 4.71. The fraction of sp³-hybridized carbons (Fsp3) is 0.357. The molecule has 0 amide bonds. The number of ether oxygens (including phenoxy) is 3. The van der Waals surface area contributed by atoms with Gasteiger partial charge in [-0.1, -0.05) is 36.4 Å². The first-order chi connectivity index (χ1) is 16.6. The molecule has 1 fully saturated rings. The molecule has 2 N–H and O–H groups in total. The van der Waals surface area contributed by atoms with E-state index in [-0.39, 0.29) is 24.6 Å². The Kier molecular flexibility index (Phi) is 6.81. The summed E-state index contributed by atoms with van der Waals surface area (Å²) in [5.41, 5.74) is 3.54. The smallest absolute Gasteiger partial charge is 0.137 e. The van der Waals surface area contributed by atoms with Crippen molar-refractivity contribution in [3.63, 3.8) is 0 Å². The van der Waals surface area contributed by atoms with E-state index in [1.54, 1.807) is 12.1 Å². The summed E-state index contributed by atoms with van der Waals surface area (Å²) in [6.07, 6.45) is 0.808. The second kappa shape index (κ2) is 10.1. The van der Waals surface area contributed by atoms with Gasteiger partial charge >= 0.3 is 0 Å². The third kappa shape index (κ3) is 5.25. The van der Waals surface area contributed by atoms with Gasteiger partial charge in [0.25, 0.3) is 0 Å². The molecule has 5 rings (SSSR count). The van der Waals surface area contributed by atoms with Gasteiger partial charge in [0, 0.05) is 25.7 Å². The van der Waals surface area contributed by atoms with E-state index in [0.29, 0.717) is 31.4 Å². The lowest BCUT2D eigenvalue weighted by molar-refractivity contribution is -0.113. The van der Waals surface area contributed by atoms with Crippen LogP contribution in [-0.4, -0.2) is 41.7 Å². The van der Waals surface area contributed by atoms with Crippen LogP contribution in [0, 0.1) is 5.82 Å². The number of fused-ring (bicyclic) bond motifs is 1. The number of halogens is 1. The molecule has 3 aromatic carbocycles. The van der Waals surface area contributed by atoms with Gasteiger partial charge in [-0.05, 0) is 52.6 Å². The minimum atomic E-state index is -0.541. The summed E-state index contributed by atoms with van der Waals surface area (Å²) < 4.78 is 32.3. The Labute approximate surface area is 198 Å². The third-order valence-electron chi connectivity index (χ3n) is 6.49. The molecule has 0 spiro atoms. The molecule has 0 aromatic heterocycles. The van der Waals surface area contributed by atoms with Gasteiger partial charge in [-0.15, -0.1) is 0 Å². The Balaban J connectivity index is 1.20. The number of benzene rings is 3. The van der Waals surface area contributed by atoms with E-state index in [2.05, 4.69) is 6.07 Å². The molecule has 2 aliphatic rings. The van der Waals surface area contributed by atoms with Crippen molar-refractivity contribution >= 4 is 0 Å². The number of aliphatic hydroxyl groups is 2. The van der Waals surface area contributed by atoms with Crippen LogP contribution in [0.5, 0.6) is 11.5 Å². The SMILES string of the molecule is OC[C@@H]1C[C@H](O)C[C@H](c2ccc(F)c(Cc3ccc(OCC4Cc5ccccc5O4)cc3)c2)O1. The molecular weight excluding hydrogens is 435 g/mol. The summed E-state index contributed by atoms with van der Waals surface area (Å²) >= 11 is 0. The minimum Gasteiger partial charge on any atom is -0.490 e. The molecule has 0 radical (unpaired) electrons. The van der Waals surface area contributed by atoms with E-state index in [9.17, 15) is 14.6 Å². The van der Waals surface area contributed by atoms with E-state index in [1.807, 2.05) is 42.5 Å². The van der Waals surface area contributed by atoms with Crippen molar-refractivity contribution in [2.24, 2.45) is 0 Å². The van der Waals surface area contributed by atoms with E-state index < -0.39 is 12.2 Å². The minimum absolute atomic E-state index is 0.000123. The summed E-state index contributed by atoms with van der Waals surface area (Å²) in [6, 6.07) is 20.6. The Morgan fingerprint density at radius 2 is 1.79 bits per heavy atom. The first kappa shape index (κ1) is 22.8. The molecule has 178 valence electrons. The van der Waals surface area contributed by atoms with E-state index >= 15 is 0 Å². The highest BCUT2D eigenvalue weighted by Gasteiger charge is 2.29. The van der Waals surface area contributed by atoms with Crippen LogP contribution in [0.2, 0.25) is 0 Å². The maximum Gasteiger partial charge on any atom is 0.137 e. The van der Waals surface area contributed by atoms with Crippen molar-refractivity contribution in [1.82, 2.24) is 0 Å². The molecule has 0 saturated carbocycles. The van der Waals surface area contributed by atoms with E-state index in [0.717, 1.165) is 29.0 Å². The second-order valence-electron chi connectivity index (χ2n) is 9.09. The molecule has 6 heteroatoms. The maximum atomic E-state index is 14.6. The van der Waals surface area contributed by atoms with Crippen molar-refractivity contribution in [2.45, 2.75) is 50.1 Å². The van der Waals surface area contributed by atoms with Gasteiger partial charge in [0.2, 0.25) is 0 Å². The zero-order chi connectivity index (χ0) is 23.5. The molecule has 3 aromatic rings. The molecule has 1 saturated heterocycles. The Hall–Kier alpha value is -2.93. The lowest BCUT2D eigenvalue weighted by Crippen LogP contribution is -2.33. The van der Waals surface area contributed by atoms with Crippen molar-refractivity contribution < 1.29 is 28.8 Å². The first-order valence-corrected chi connectivity index (χ1v) is 11.8. The average Bonchev–Trinajstić information content (AvgIpc) is 3.27. The summed E-state index contributed by atoms with van der Waals surface area (Å²) in [4.78, 5) is 0. The highest BCUT2D eigenvalue weighted by molar-refractivity contribution is 5.38. The zero-order valence-electron chi connectivity index (χ0n) is 18.9. The van der Waals surface area contributed by atoms with Crippen molar-refractivity contribution in [2.75, 3.05) is 13.2 Å². The standard InChI is InChI=1S/C28H29FO5/c29-26-10-7-20(28-15-22(31)14-24(16-30)33-28)12-21(26)11-18-5-8-23(9-6-18)32-17-25-13-19-3-1-2-4-27(19)34-25/h1-10,12,22,24-25,28,30-31H,11,13-17H2/t22-,24-,25?,28+/m0/s1. The summed E-state index contributed by atoms with van der Waals surface area (Å²) in [5.74, 6) is 1.39. The topological polar surface area (TPSA) is 68.2 Å². The molecule has 5 nitrogen and oxygen atoms in total. The molecule has 0 bridgehead atoms. The van der Waals surface area contributed by atoms with Crippen LogP contribution in [0.1, 0.15) is 41.2 Å². The highest BCUT2D eigenvalue weighted by atomic mass is 19.1. The molecule has 2 heterocycles. The van der Waals surface area contributed by atoms with Gasteiger partial charge in [-0.2, -0.15) is 0 Å². The van der Waals surface area contributed by atoms with Crippen LogP contribution < -0.4 is 9.47 Å². The highest BCUT2D eigenvalue weighted by Crippen LogP contribution is 2.33. The number of rotatable bonds is 7. The molecule has 2 aliphatic heterocycles. The number of hydrogen-bond acceptors (Lipinski definition) is 5. The maximum absolute atomic E-state index is 14.6. The predicted octanol–water partition coefficient (Wildman–Crippen LogP) is 4.37. The predicted molar refractivity (Wildman–Crippen MR) is 126 cm³/mol. The van der Waals surface area contributed by atoms with Gasteiger partial charge in [0.05, 0.1) is 24.9 Å². The van der Waals surface area contributed by atoms with Gasteiger partial charge in [0.1, 0.15) is 30.0 Å². The van der Waals surface area contributed by atoms with Crippen LogP contribution in [-0.2, 0) is 17.6 Å². The van der Waals surface area contributed by atoms with Gasteiger partial charge in [0.15, 0.2) is 0 Å². The Morgan fingerprint density at radius 1 is 0.971 bits per heavy atom. The summed E-state index contributed by atoms with van der Waals surface area (Å²) in [6.45, 7) is 0.322. The largest absolute Gasteiger partial charge is 0.490 e. The number of para-hydroxylation sites is 1. The van der Waals surface area contributed by atoms with Gasteiger partial charge in [-0.3, -0.25) is 0 Å². The average molecular weight is 465 g/mol. The number of aliphatic hydroxyl groups excluding tert-OH is 2. The second-order valence-corrected chi connectivity index (χ2v) is 9.09. The lowest BCUT2D eigenvalue weighted by Gasteiger charge is -2.32. The fourth-order valence-corrected chi connectivity index (χ4v) is 4.71. The van der Waals surface area contributed by atoms with Crippen LogP contribution in [0.3, 0.4) is 0 Å². The van der Waals surface area contributed by atoms with E-state index in [4.69, 9.17) is 14.2 Å². The normalized spacial score (nSPS) is 23.9. The zero-order valence-corrected chi connectivity index (χ0v) is 18.9. The third-order valence-corrected chi connectivity index (χ3v) is 6.49. The van der Waals surface area contributed by atoms with Gasteiger partial charge in [-0.25, -0.2) is 4.39 Å².